The zero-order valence-corrected chi connectivity index (χ0v) is 10.3. The highest BCUT2D eigenvalue weighted by molar-refractivity contribution is 5.72. The largest absolute Gasteiger partial charge is 0.466 e. The number of nitriles is 1. The Kier molecular flexibility index (Phi) is 5.33. The van der Waals surface area contributed by atoms with Crippen LogP contribution in [0.4, 0.5) is 8.78 Å². The van der Waals surface area contributed by atoms with E-state index in [1.807, 2.05) is 0 Å². The maximum absolute atomic E-state index is 13.1. The summed E-state index contributed by atoms with van der Waals surface area (Å²) >= 11 is 0. The molecular formula is C12H13F2N3O2. The summed E-state index contributed by atoms with van der Waals surface area (Å²) in [5.41, 5.74) is 4.85. The topological polar surface area (TPSA) is 89.0 Å². The number of rotatable bonds is 5. The van der Waals surface area contributed by atoms with Crippen LogP contribution in [0.2, 0.25) is 0 Å². The Morgan fingerprint density at radius 2 is 2.32 bits per heavy atom. The van der Waals surface area contributed by atoms with Gasteiger partial charge in [-0.05, 0) is 12.5 Å². The first-order chi connectivity index (χ1) is 9.04. The predicted octanol–water partition coefficient (Wildman–Crippen LogP) is 1.46. The third-order valence-corrected chi connectivity index (χ3v) is 2.47. The Labute approximate surface area is 109 Å². The second-order valence-electron chi connectivity index (χ2n) is 3.61. The van der Waals surface area contributed by atoms with Crippen LogP contribution in [0, 0.1) is 11.3 Å². The Morgan fingerprint density at radius 1 is 1.63 bits per heavy atom. The first-order valence-corrected chi connectivity index (χ1v) is 5.59. The average Bonchev–Trinajstić information content (AvgIpc) is 2.37. The Bertz CT molecular complexity index is 512. The highest BCUT2D eigenvalue weighted by atomic mass is 19.3. The minimum atomic E-state index is -2.86. The van der Waals surface area contributed by atoms with E-state index >= 15 is 0 Å². The molecule has 1 aromatic heterocycles. The van der Waals surface area contributed by atoms with E-state index in [-0.39, 0.29) is 36.4 Å². The number of ether oxygens (including phenoxy) is 1. The van der Waals surface area contributed by atoms with Crippen molar-refractivity contribution >= 4 is 5.97 Å². The van der Waals surface area contributed by atoms with Crippen molar-refractivity contribution in [3.05, 3.63) is 28.6 Å². The first kappa shape index (κ1) is 15.0. The van der Waals surface area contributed by atoms with E-state index in [1.54, 1.807) is 13.0 Å². The van der Waals surface area contributed by atoms with Gasteiger partial charge in [-0.1, -0.05) is 0 Å². The first-order valence-electron chi connectivity index (χ1n) is 5.59. The van der Waals surface area contributed by atoms with E-state index in [0.29, 0.717) is 0 Å². The molecule has 19 heavy (non-hydrogen) atoms. The van der Waals surface area contributed by atoms with Crippen molar-refractivity contribution in [2.24, 2.45) is 5.73 Å². The molecule has 0 aliphatic carbocycles. The van der Waals surface area contributed by atoms with Crippen LogP contribution in [0.5, 0.6) is 0 Å². The summed E-state index contributed by atoms with van der Waals surface area (Å²) in [7, 11) is 0. The van der Waals surface area contributed by atoms with Crippen LogP contribution < -0.4 is 5.73 Å². The van der Waals surface area contributed by atoms with Gasteiger partial charge in [-0.15, -0.1) is 0 Å². The quantitative estimate of drug-likeness (QED) is 0.817. The smallest absolute Gasteiger partial charge is 0.311 e. The normalized spacial score (nSPS) is 10.3. The second-order valence-corrected chi connectivity index (χ2v) is 3.61. The number of aromatic nitrogens is 1. The number of nitrogens with zero attached hydrogens (tertiary/aromatic N) is 2. The lowest BCUT2D eigenvalue weighted by atomic mass is 10.0. The van der Waals surface area contributed by atoms with E-state index in [2.05, 4.69) is 4.98 Å². The third kappa shape index (κ3) is 3.45. The summed E-state index contributed by atoms with van der Waals surface area (Å²) in [6, 6.07) is 1.76. The molecule has 0 aliphatic heterocycles. The molecule has 0 amide bonds. The SMILES string of the molecule is CCOC(=O)Cc1ncc(C#N)c(CN)c1C(F)F. The molecule has 1 aromatic rings. The van der Waals surface area contributed by atoms with Crippen LogP contribution in [0.15, 0.2) is 6.20 Å². The lowest BCUT2D eigenvalue weighted by Gasteiger charge is -2.13. The van der Waals surface area contributed by atoms with Crippen LogP contribution in [-0.2, 0) is 22.5 Å². The summed E-state index contributed by atoms with van der Waals surface area (Å²) in [6.07, 6.45) is -2.08. The number of alkyl halides is 2. The molecule has 0 fully saturated rings. The number of nitrogens with two attached hydrogens (primary N) is 1. The van der Waals surface area contributed by atoms with Crippen molar-refractivity contribution in [1.82, 2.24) is 4.98 Å². The van der Waals surface area contributed by atoms with Gasteiger partial charge in [-0.2, -0.15) is 5.26 Å². The average molecular weight is 269 g/mol. The highest BCUT2D eigenvalue weighted by Gasteiger charge is 2.23. The van der Waals surface area contributed by atoms with Gasteiger partial charge in [0, 0.05) is 18.3 Å². The molecule has 0 saturated carbocycles. The number of pyridine rings is 1. The van der Waals surface area contributed by atoms with Gasteiger partial charge in [0.2, 0.25) is 0 Å². The van der Waals surface area contributed by atoms with E-state index in [1.165, 1.54) is 0 Å². The van der Waals surface area contributed by atoms with Crippen LogP contribution in [0.3, 0.4) is 0 Å². The van der Waals surface area contributed by atoms with Crippen molar-refractivity contribution in [3.63, 3.8) is 0 Å². The number of hydrogen-bond donors (Lipinski definition) is 1. The predicted molar refractivity (Wildman–Crippen MR) is 62.1 cm³/mol. The standard InChI is InChI=1S/C12H13F2N3O2/c1-2-19-10(18)3-9-11(12(13)14)8(5-16)7(4-15)6-17-9/h6,12H,2-3,5,16H2,1H3. The summed E-state index contributed by atoms with van der Waals surface area (Å²) in [5.74, 6) is -0.649. The monoisotopic (exact) mass is 269 g/mol. The lowest BCUT2D eigenvalue weighted by Crippen LogP contribution is -2.15. The van der Waals surface area contributed by atoms with Crippen molar-refractivity contribution in [1.29, 1.82) is 5.26 Å². The van der Waals surface area contributed by atoms with Gasteiger partial charge in [0.15, 0.2) is 0 Å². The number of carbonyl (C=O) groups is 1. The van der Waals surface area contributed by atoms with Crippen molar-refractivity contribution < 1.29 is 18.3 Å². The van der Waals surface area contributed by atoms with Crippen molar-refractivity contribution in [3.8, 4) is 6.07 Å². The van der Waals surface area contributed by atoms with Crippen LogP contribution in [0.25, 0.3) is 0 Å². The Hall–Kier alpha value is -2.07. The molecule has 0 aromatic carbocycles. The van der Waals surface area contributed by atoms with Gasteiger partial charge >= 0.3 is 5.97 Å². The molecule has 102 valence electrons. The summed E-state index contributed by atoms with van der Waals surface area (Å²) in [5, 5.41) is 8.83. The zero-order valence-electron chi connectivity index (χ0n) is 10.3. The molecule has 1 heterocycles. The van der Waals surface area contributed by atoms with Crippen LogP contribution in [-0.4, -0.2) is 17.6 Å². The molecule has 7 heteroatoms. The fourth-order valence-corrected chi connectivity index (χ4v) is 1.67. The van der Waals surface area contributed by atoms with Gasteiger partial charge in [0.1, 0.15) is 6.07 Å². The van der Waals surface area contributed by atoms with Gasteiger partial charge in [-0.25, -0.2) is 8.78 Å². The second kappa shape index (κ2) is 6.75. The molecule has 5 nitrogen and oxygen atoms in total. The molecule has 0 atom stereocenters. The number of carbonyl (C=O) groups excluding carboxylic acids is 1. The van der Waals surface area contributed by atoms with Gasteiger partial charge in [0.25, 0.3) is 6.43 Å². The zero-order chi connectivity index (χ0) is 14.4. The highest BCUT2D eigenvalue weighted by Crippen LogP contribution is 2.28. The summed E-state index contributed by atoms with van der Waals surface area (Å²) in [4.78, 5) is 15.1. The Balaban J connectivity index is 3.25. The minimum absolute atomic E-state index is 0.00888. The van der Waals surface area contributed by atoms with E-state index in [0.717, 1.165) is 6.20 Å². The summed E-state index contributed by atoms with van der Waals surface area (Å²) < 4.78 is 30.8. The van der Waals surface area contributed by atoms with E-state index in [9.17, 15) is 13.6 Å². The lowest BCUT2D eigenvalue weighted by molar-refractivity contribution is -0.142. The van der Waals surface area contributed by atoms with Gasteiger partial charge in [-0.3, -0.25) is 9.78 Å². The molecule has 2 N–H and O–H groups in total. The molecule has 0 bridgehead atoms. The maximum atomic E-state index is 13.1. The number of halogens is 2. The fraction of sp³-hybridized carbons (Fsp3) is 0.417. The molecule has 1 rings (SSSR count). The Morgan fingerprint density at radius 3 is 2.79 bits per heavy atom. The molecule has 0 saturated heterocycles. The van der Waals surface area contributed by atoms with E-state index in [4.69, 9.17) is 15.7 Å². The molecular weight excluding hydrogens is 256 g/mol. The molecule has 0 spiro atoms. The summed E-state index contributed by atoms with van der Waals surface area (Å²) in [6.45, 7) is 1.55. The van der Waals surface area contributed by atoms with Crippen molar-refractivity contribution in [2.45, 2.75) is 26.3 Å². The minimum Gasteiger partial charge on any atom is -0.466 e. The maximum Gasteiger partial charge on any atom is 0.311 e. The third-order valence-electron chi connectivity index (χ3n) is 2.47. The van der Waals surface area contributed by atoms with Gasteiger partial charge in [0.05, 0.1) is 24.3 Å². The van der Waals surface area contributed by atoms with Gasteiger partial charge < -0.3 is 10.5 Å². The number of hydrogen-bond acceptors (Lipinski definition) is 5. The number of esters is 1. The van der Waals surface area contributed by atoms with Crippen molar-refractivity contribution in [2.75, 3.05) is 6.61 Å². The fourth-order valence-electron chi connectivity index (χ4n) is 1.67. The molecule has 0 aliphatic rings. The molecule has 0 radical (unpaired) electrons. The van der Waals surface area contributed by atoms with Crippen LogP contribution in [0.1, 0.15) is 35.7 Å². The van der Waals surface area contributed by atoms with Crippen LogP contribution >= 0.6 is 0 Å². The molecule has 0 unspecified atom stereocenters. The van der Waals surface area contributed by atoms with E-state index < -0.39 is 18.0 Å².